The minimum Gasteiger partial charge on any atom is -0.444 e. The van der Waals surface area contributed by atoms with Crippen molar-refractivity contribution in [2.24, 2.45) is 5.14 Å². The zero-order chi connectivity index (χ0) is 17.7. The Balaban J connectivity index is 2.69. The lowest BCUT2D eigenvalue weighted by molar-refractivity contribution is 0.0448. The molecular formula is C16H32N2O4S. The average Bonchev–Trinajstić information content (AvgIpc) is 2.32. The third kappa shape index (κ3) is 8.01. The summed E-state index contributed by atoms with van der Waals surface area (Å²) in [6, 6.07) is 0. The van der Waals surface area contributed by atoms with E-state index >= 15 is 0 Å². The standard InChI is InChI=1S/C16H32N2O4S/c1-15(2,3)22-14(19)18-16(4)11-7-5-6-9-13(10-8-12-16)23(17,20)21/h13H,5-12H2,1-4H3,(H,18,19)(H2,17,20,21). The van der Waals surface area contributed by atoms with E-state index in [4.69, 9.17) is 9.88 Å². The molecule has 0 aromatic heterocycles. The molecule has 0 bridgehead atoms. The van der Waals surface area contributed by atoms with Gasteiger partial charge in [-0.2, -0.15) is 0 Å². The lowest BCUT2D eigenvalue weighted by Gasteiger charge is -2.33. The molecule has 0 spiro atoms. The SMILES string of the molecule is CC1(NC(=O)OC(C)(C)C)CCCCCC(S(N)(=O)=O)CCC1. The van der Waals surface area contributed by atoms with Crippen LogP contribution < -0.4 is 10.5 Å². The molecule has 0 heterocycles. The molecule has 0 aromatic rings. The predicted molar refractivity (Wildman–Crippen MR) is 91.6 cm³/mol. The molecule has 2 unspecified atom stereocenters. The Kier molecular flexibility index (Phi) is 6.89. The number of rotatable bonds is 2. The average molecular weight is 349 g/mol. The number of nitrogens with one attached hydrogen (secondary N) is 1. The quantitative estimate of drug-likeness (QED) is 0.801. The minimum absolute atomic E-state index is 0.372. The van der Waals surface area contributed by atoms with E-state index in [1.54, 1.807) is 0 Å². The number of hydrogen-bond acceptors (Lipinski definition) is 4. The summed E-state index contributed by atoms with van der Waals surface area (Å²) in [5.41, 5.74) is -0.905. The van der Waals surface area contributed by atoms with Crippen molar-refractivity contribution < 1.29 is 17.9 Å². The zero-order valence-corrected chi connectivity index (χ0v) is 15.7. The molecule has 136 valence electrons. The number of amides is 1. The van der Waals surface area contributed by atoms with Crippen LogP contribution in [0, 0.1) is 0 Å². The van der Waals surface area contributed by atoms with Gasteiger partial charge in [0.25, 0.3) is 0 Å². The molecule has 1 amide bonds. The number of ether oxygens (including phenoxy) is 1. The van der Waals surface area contributed by atoms with E-state index in [2.05, 4.69) is 5.32 Å². The van der Waals surface area contributed by atoms with Gasteiger partial charge in [0.2, 0.25) is 10.0 Å². The van der Waals surface area contributed by atoms with Gasteiger partial charge in [-0.3, -0.25) is 0 Å². The Hall–Kier alpha value is -0.820. The maximum atomic E-state index is 12.1. The first-order chi connectivity index (χ1) is 10.4. The van der Waals surface area contributed by atoms with Gasteiger partial charge < -0.3 is 10.1 Å². The maximum absolute atomic E-state index is 12.1. The predicted octanol–water partition coefficient (Wildman–Crippen LogP) is 3.06. The van der Waals surface area contributed by atoms with Crippen molar-refractivity contribution in [1.82, 2.24) is 5.32 Å². The molecule has 0 aromatic carbocycles. The van der Waals surface area contributed by atoms with Gasteiger partial charge in [-0.25, -0.2) is 18.4 Å². The molecule has 7 heteroatoms. The molecule has 1 saturated carbocycles. The van der Waals surface area contributed by atoms with Crippen LogP contribution in [0.2, 0.25) is 0 Å². The highest BCUT2D eigenvalue weighted by Gasteiger charge is 2.30. The van der Waals surface area contributed by atoms with Crippen LogP contribution in [0.3, 0.4) is 0 Å². The summed E-state index contributed by atoms with van der Waals surface area (Å²) in [7, 11) is -3.49. The fraction of sp³-hybridized carbons (Fsp3) is 0.938. The maximum Gasteiger partial charge on any atom is 0.408 e. The van der Waals surface area contributed by atoms with Crippen LogP contribution in [0.25, 0.3) is 0 Å². The van der Waals surface area contributed by atoms with Gasteiger partial charge in [-0.05, 0) is 59.8 Å². The summed E-state index contributed by atoms with van der Waals surface area (Å²) in [6.07, 6.45) is 5.81. The molecule has 0 radical (unpaired) electrons. The number of hydrogen-bond donors (Lipinski definition) is 2. The highest BCUT2D eigenvalue weighted by Crippen LogP contribution is 2.27. The second-order valence-electron chi connectivity index (χ2n) is 7.89. The summed E-state index contributed by atoms with van der Waals surface area (Å²) in [5.74, 6) is 0. The first-order valence-corrected chi connectivity index (χ1v) is 10.1. The number of alkyl carbamates (subject to hydrolysis) is 1. The third-order valence-corrected chi connectivity index (χ3v) is 5.68. The van der Waals surface area contributed by atoms with Gasteiger partial charge in [0.15, 0.2) is 0 Å². The second-order valence-corrected chi connectivity index (χ2v) is 9.73. The van der Waals surface area contributed by atoms with E-state index < -0.39 is 27.0 Å². The van der Waals surface area contributed by atoms with Crippen LogP contribution in [0.1, 0.15) is 79.1 Å². The van der Waals surface area contributed by atoms with Crippen molar-refractivity contribution in [3.63, 3.8) is 0 Å². The van der Waals surface area contributed by atoms with Crippen LogP contribution in [-0.2, 0) is 14.8 Å². The van der Waals surface area contributed by atoms with Crippen molar-refractivity contribution in [3.05, 3.63) is 0 Å². The topological polar surface area (TPSA) is 98.5 Å². The van der Waals surface area contributed by atoms with Gasteiger partial charge >= 0.3 is 6.09 Å². The number of primary sulfonamides is 1. The molecule has 23 heavy (non-hydrogen) atoms. The highest BCUT2D eigenvalue weighted by atomic mass is 32.2. The summed E-state index contributed by atoms with van der Waals surface area (Å²) in [6.45, 7) is 7.50. The van der Waals surface area contributed by atoms with Crippen molar-refractivity contribution in [2.45, 2.75) is 95.5 Å². The molecule has 1 aliphatic carbocycles. The van der Waals surface area contributed by atoms with Crippen molar-refractivity contribution in [1.29, 1.82) is 0 Å². The van der Waals surface area contributed by atoms with E-state index in [1.165, 1.54) is 0 Å². The Labute approximate surface area is 140 Å². The van der Waals surface area contributed by atoms with Gasteiger partial charge in [0, 0.05) is 5.54 Å². The normalized spacial score (nSPS) is 28.0. The molecular weight excluding hydrogens is 316 g/mol. The van der Waals surface area contributed by atoms with Crippen LogP contribution >= 0.6 is 0 Å². The third-order valence-electron chi connectivity index (χ3n) is 4.28. The van der Waals surface area contributed by atoms with Crippen molar-refractivity contribution in [2.75, 3.05) is 0 Å². The molecule has 0 saturated heterocycles. The fourth-order valence-electron chi connectivity index (χ4n) is 3.06. The first kappa shape index (κ1) is 20.2. The van der Waals surface area contributed by atoms with E-state index in [0.29, 0.717) is 19.3 Å². The van der Waals surface area contributed by atoms with Gasteiger partial charge in [0.1, 0.15) is 5.60 Å². The van der Waals surface area contributed by atoms with Crippen molar-refractivity contribution >= 4 is 16.1 Å². The Morgan fingerprint density at radius 3 is 2.26 bits per heavy atom. The van der Waals surface area contributed by atoms with Crippen LogP contribution in [0.4, 0.5) is 4.79 Å². The molecule has 1 aliphatic rings. The minimum atomic E-state index is -3.49. The largest absolute Gasteiger partial charge is 0.444 e. The van der Waals surface area contributed by atoms with E-state index in [0.717, 1.165) is 32.1 Å². The number of carbonyl (C=O) groups excluding carboxylic acids is 1. The molecule has 0 aliphatic heterocycles. The summed E-state index contributed by atoms with van der Waals surface area (Å²) >= 11 is 0. The summed E-state index contributed by atoms with van der Waals surface area (Å²) in [5, 5.41) is 7.83. The Bertz CT molecular complexity index is 499. The molecule has 3 N–H and O–H groups in total. The monoisotopic (exact) mass is 348 g/mol. The highest BCUT2D eigenvalue weighted by molar-refractivity contribution is 7.89. The van der Waals surface area contributed by atoms with Crippen LogP contribution in [0.5, 0.6) is 0 Å². The number of carbonyl (C=O) groups is 1. The van der Waals surface area contributed by atoms with Gasteiger partial charge in [0.05, 0.1) is 5.25 Å². The van der Waals surface area contributed by atoms with Gasteiger partial charge in [-0.15, -0.1) is 0 Å². The van der Waals surface area contributed by atoms with Gasteiger partial charge in [-0.1, -0.05) is 19.3 Å². The molecule has 1 rings (SSSR count). The Morgan fingerprint density at radius 1 is 1.13 bits per heavy atom. The van der Waals surface area contributed by atoms with E-state index in [9.17, 15) is 13.2 Å². The van der Waals surface area contributed by atoms with E-state index in [-0.39, 0.29) is 5.54 Å². The zero-order valence-electron chi connectivity index (χ0n) is 14.9. The molecule has 2 atom stereocenters. The van der Waals surface area contributed by atoms with E-state index in [1.807, 2.05) is 27.7 Å². The molecule has 6 nitrogen and oxygen atoms in total. The first-order valence-electron chi connectivity index (χ1n) is 8.44. The number of nitrogens with two attached hydrogens (primary N) is 1. The smallest absolute Gasteiger partial charge is 0.408 e. The van der Waals surface area contributed by atoms with Crippen LogP contribution in [0.15, 0.2) is 0 Å². The summed E-state index contributed by atoms with van der Waals surface area (Å²) < 4.78 is 28.6. The lowest BCUT2D eigenvalue weighted by atomic mass is 9.86. The second kappa shape index (κ2) is 7.83. The van der Waals surface area contributed by atoms with Crippen molar-refractivity contribution in [3.8, 4) is 0 Å². The van der Waals surface area contributed by atoms with Crippen LogP contribution in [-0.4, -0.2) is 30.9 Å². The summed E-state index contributed by atoms with van der Waals surface area (Å²) in [4.78, 5) is 12.1. The lowest BCUT2D eigenvalue weighted by Crippen LogP contribution is -2.48. The Morgan fingerprint density at radius 2 is 1.70 bits per heavy atom. The number of sulfonamides is 1. The fourth-order valence-corrected chi connectivity index (χ4v) is 4.05. The molecule has 1 fully saturated rings.